The Kier molecular flexibility index (Phi) is 10.0. The summed E-state index contributed by atoms with van der Waals surface area (Å²) in [4.78, 5) is 32.2. The van der Waals surface area contributed by atoms with Gasteiger partial charge in [-0.1, -0.05) is 77.6 Å². The Bertz CT molecular complexity index is 929. The molecule has 0 aliphatic carbocycles. The average Bonchev–Trinajstić information content (AvgIpc) is 3.39. The minimum Gasteiger partial charge on any atom is -0.370 e. The number of rotatable bonds is 17. The first-order chi connectivity index (χ1) is 15.7. The van der Waals surface area contributed by atoms with Gasteiger partial charge in [0.15, 0.2) is 5.65 Å². The van der Waals surface area contributed by atoms with Gasteiger partial charge < -0.3 is 9.72 Å². The van der Waals surface area contributed by atoms with Crippen LogP contribution in [0.2, 0.25) is 0 Å². The molecule has 1 N–H and O–H groups in total. The summed E-state index contributed by atoms with van der Waals surface area (Å²) in [5.74, 6) is 0. The maximum absolute atomic E-state index is 12.6. The van der Waals surface area contributed by atoms with Crippen molar-refractivity contribution in [3.05, 3.63) is 27.2 Å². The lowest BCUT2D eigenvalue weighted by molar-refractivity contribution is 0.355. The molecule has 2 aromatic heterocycles. The number of fused-ring (bicyclic) bond motifs is 1. The second-order valence-corrected chi connectivity index (χ2v) is 9.24. The Morgan fingerprint density at radius 1 is 0.844 bits per heavy atom. The maximum atomic E-state index is 12.6. The summed E-state index contributed by atoms with van der Waals surface area (Å²) in [5, 5.41) is 0. The van der Waals surface area contributed by atoms with Gasteiger partial charge in [0.2, 0.25) is 0 Å². The molecule has 0 amide bonds. The number of aryl methyl sites for hydroxylation is 1. The standard InChI is InChI=1S/C25H42N4O3/c1-3-20-21(32-20)17-15-13-11-9-7-5-6-8-10-12-14-16-18-29-24(30)22-23(27-19-26-22)28(4-2)25(29)31/h19-21H,3-18H2,1-2H3,(H,26,27). The summed E-state index contributed by atoms with van der Waals surface area (Å²) < 4.78 is 8.53. The van der Waals surface area contributed by atoms with E-state index in [1.165, 1.54) is 87.9 Å². The van der Waals surface area contributed by atoms with Gasteiger partial charge in [0.25, 0.3) is 5.56 Å². The molecule has 3 heterocycles. The molecule has 1 aliphatic rings. The van der Waals surface area contributed by atoms with E-state index in [2.05, 4.69) is 16.9 Å². The number of aromatic nitrogens is 4. The second kappa shape index (κ2) is 13.0. The molecule has 1 fully saturated rings. The monoisotopic (exact) mass is 446 g/mol. The van der Waals surface area contributed by atoms with Crippen LogP contribution >= 0.6 is 0 Å². The quantitative estimate of drug-likeness (QED) is 0.269. The Hall–Kier alpha value is -1.89. The summed E-state index contributed by atoms with van der Waals surface area (Å²) in [5.41, 5.74) is 0.381. The van der Waals surface area contributed by atoms with E-state index in [0.29, 0.717) is 36.5 Å². The van der Waals surface area contributed by atoms with E-state index in [9.17, 15) is 9.59 Å². The number of imidazole rings is 1. The molecule has 2 atom stereocenters. The zero-order valence-electron chi connectivity index (χ0n) is 20.1. The highest BCUT2D eigenvalue weighted by Crippen LogP contribution is 2.29. The fourth-order valence-corrected chi connectivity index (χ4v) is 4.76. The molecule has 7 heteroatoms. The van der Waals surface area contributed by atoms with Gasteiger partial charge in [0, 0.05) is 13.1 Å². The van der Waals surface area contributed by atoms with Crippen molar-refractivity contribution in [2.75, 3.05) is 0 Å². The van der Waals surface area contributed by atoms with Gasteiger partial charge in [-0.15, -0.1) is 0 Å². The smallest absolute Gasteiger partial charge is 0.332 e. The molecule has 180 valence electrons. The number of H-pyrrole nitrogens is 1. The number of unbranched alkanes of at least 4 members (excludes halogenated alkanes) is 11. The third-order valence-corrected chi connectivity index (χ3v) is 6.82. The Morgan fingerprint density at radius 2 is 1.44 bits per heavy atom. The summed E-state index contributed by atoms with van der Waals surface area (Å²) >= 11 is 0. The molecule has 3 rings (SSSR count). The summed E-state index contributed by atoms with van der Waals surface area (Å²) in [6, 6.07) is 0. The van der Waals surface area contributed by atoms with Crippen LogP contribution in [0.25, 0.3) is 11.2 Å². The van der Waals surface area contributed by atoms with Crippen molar-refractivity contribution in [1.29, 1.82) is 0 Å². The van der Waals surface area contributed by atoms with E-state index < -0.39 is 0 Å². The molecule has 0 bridgehead atoms. The Balaban J connectivity index is 1.19. The van der Waals surface area contributed by atoms with Crippen molar-refractivity contribution >= 4 is 11.2 Å². The molecule has 0 spiro atoms. The van der Waals surface area contributed by atoms with Crippen LogP contribution in [0.15, 0.2) is 15.9 Å². The van der Waals surface area contributed by atoms with Crippen molar-refractivity contribution in [1.82, 2.24) is 19.1 Å². The highest BCUT2D eigenvalue weighted by Gasteiger charge is 2.35. The van der Waals surface area contributed by atoms with Gasteiger partial charge >= 0.3 is 5.69 Å². The molecule has 0 saturated carbocycles. The zero-order chi connectivity index (χ0) is 22.8. The normalized spacial score (nSPS) is 17.9. The average molecular weight is 447 g/mol. The number of ether oxygens (including phenoxy) is 1. The third kappa shape index (κ3) is 6.80. The van der Waals surface area contributed by atoms with E-state index in [4.69, 9.17) is 4.74 Å². The summed E-state index contributed by atoms with van der Waals surface area (Å²) in [7, 11) is 0. The fraction of sp³-hybridized carbons (Fsp3) is 0.800. The van der Waals surface area contributed by atoms with Gasteiger partial charge in [-0.3, -0.25) is 13.9 Å². The van der Waals surface area contributed by atoms with E-state index in [1.807, 2.05) is 6.92 Å². The van der Waals surface area contributed by atoms with Crippen molar-refractivity contribution in [3.8, 4) is 0 Å². The predicted octanol–water partition coefficient (Wildman–Crippen LogP) is 5.15. The van der Waals surface area contributed by atoms with Crippen LogP contribution < -0.4 is 11.2 Å². The lowest BCUT2D eigenvalue weighted by Crippen LogP contribution is -2.40. The Labute approximate surface area is 191 Å². The van der Waals surface area contributed by atoms with Crippen LogP contribution in [0.3, 0.4) is 0 Å². The SMILES string of the molecule is CCC1OC1CCCCCCCCCCCCCCn1c(=O)c2[nH]cnc2n(CC)c1=O. The van der Waals surface area contributed by atoms with E-state index in [-0.39, 0.29) is 11.2 Å². The first-order valence-electron chi connectivity index (χ1n) is 13.0. The molecular formula is C25H42N4O3. The minimum absolute atomic E-state index is 0.247. The van der Waals surface area contributed by atoms with Crippen molar-refractivity contribution in [3.63, 3.8) is 0 Å². The topological polar surface area (TPSA) is 85.2 Å². The van der Waals surface area contributed by atoms with Crippen LogP contribution in [0.1, 0.15) is 104 Å². The number of epoxide rings is 1. The number of nitrogens with one attached hydrogen (secondary N) is 1. The molecule has 2 unspecified atom stereocenters. The second-order valence-electron chi connectivity index (χ2n) is 9.24. The molecular weight excluding hydrogens is 404 g/mol. The minimum atomic E-state index is -0.252. The molecule has 1 saturated heterocycles. The van der Waals surface area contributed by atoms with Gasteiger partial charge in [0.1, 0.15) is 5.52 Å². The third-order valence-electron chi connectivity index (χ3n) is 6.82. The summed E-state index contributed by atoms with van der Waals surface area (Å²) in [6.45, 7) is 5.10. The van der Waals surface area contributed by atoms with Gasteiger partial charge in [-0.2, -0.15) is 0 Å². The maximum Gasteiger partial charge on any atom is 0.332 e. The molecule has 1 aliphatic heterocycles. The van der Waals surface area contributed by atoms with Gasteiger partial charge in [0.05, 0.1) is 18.5 Å². The van der Waals surface area contributed by atoms with Crippen molar-refractivity contribution in [2.24, 2.45) is 0 Å². The number of aromatic amines is 1. The lowest BCUT2D eigenvalue weighted by atomic mass is 10.0. The van der Waals surface area contributed by atoms with Crippen LogP contribution in [-0.4, -0.2) is 31.3 Å². The number of nitrogens with zero attached hydrogens (tertiary/aromatic N) is 3. The van der Waals surface area contributed by atoms with Crippen LogP contribution in [0.5, 0.6) is 0 Å². The molecule has 0 aromatic carbocycles. The molecule has 0 radical (unpaired) electrons. The van der Waals surface area contributed by atoms with Gasteiger partial charge in [-0.25, -0.2) is 9.78 Å². The van der Waals surface area contributed by atoms with Gasteiger partial charge in [-0.05, 0) is 26.2 Å². The predicted molar refractivity (Wildman–Crippen MR) is 129 cm³/mol. The van der Waals surface area contributed by atoms with E-state index in [1.54, 1.807) is 4.57 Å². The number of hydrogen-bond donors (Lipinski definition) is 1. The molecule has 32 heavy (non-hydrogen) atoms. The summed E-state index contributed by atoms with van der Waals surface area (Å²) in [6.07, 6.45) is 20.2. The lowest BCUT2D eigenvalue weighted by Gasteiger charge is -2.09. The van der Waals surface area contributed by atoms with Crippen LogP contribution in [0, 0.1) is 0 Å². The van der Waals surface area contributed by atoms with Crippen LogP contribution in [0.4, 0.5) is 0 Å². The zero-order valence-corrected chi connectivity index (χ0v) is 20.1. The van der Waals surface area contributed by atoms with Crippen molar-refractivity contribution in [2.45, 2.75) is 129 Å². The Morgan fingerprint density at radius 3 is 2.00 bits per heavy atom. The first kappa shape index (κ1) is 24.7. The first-order valence-corrected chi connectivity index (χ1v) is 13.0. The fourth-order valence-electron chi connectivity index (χ4n) is 4.76. The largest absolute Gasteiger partial charge is 0.370 e. The van der Waals surface area contributed by atoms with Crippen molar-refractivity contribution < 1.29 is 4.74 Å². The van der Waals surface area contributed by atoms with Crippen LogP contribution in [-0.2, 0) is 17.8 Å². The highest BCUT2D eigenvalue weighted by atomic mass is 16.6. The molecule has 2 aromatic rings. The van der Waals surface area contributed by atoms with E-state index >= 15 is 0 Å². The highest BCUT2D eigenvalue weighted by molar-refractivity contribution is 5.68. The number of hydrogen-bond acceptors (Lipinski definition) is 4. The van der Waals surface area contributed by atoms with E-state index in [0.717, 1.165) is 12.8 Å². The molecule has 7 nitrogen and oxygen atoms in total.